The van der Waals surface area contributed by atoms with Crippen LogP contribution in [0.2, 0.25) is 5.15 Å². The van der Waals surface area contributed by atoms with E-state index in [1.807, 2.05) is 0 Å². The summed E-state index contributed by atoms with van der Waals surface area (Å²) in [6.45, 7) is 3.06. The number of rotatable bonds is 4. The van der Waals surface area contributed by atoms with E-state index in [0.717, 1.165) is 5.56 Å². The number of carbonyl (C=O) groups excluding carboxylic acids is 1. The van der Waals surface area contributed by atoms with Crippen molar-refractivity contribution in [2.45, 2.75) is 26.1 Å². The van der Waals surface area contributed by atoms with Crippen LogP contribution in [-0.4, -0.2) is 33.8 Å². The number of aliphatic hydroxyl groups is 2. The third kappa shape index (κ3) is 3.66. The van der Waals surface area contributed by atoms with Crippen LogP contribution in [0.15, 0.2) is 12.3 Å². The maximum atomic E-state index is 10.7. The first-order chi connectivity index (χ1) is 7.93. The van der Waals surface area contributed by atoms with Gasteiger partial charge >= 0.3 is 0 Å². The van der Waals surface area contributed by atoms with Crippen LogP contribution in [0, 0.1) is 6.92 Å². The van der Waals surface area contributed by atoms with Gasteiger partial charge < -0.3 is 15.5 Å². The zero-order chi connectivity index (χ0) is 13.0. The van der Waals surface area contributed by atoms with Gasteiger partial charge in [0.1, 0.15) is 17.4 Å². The molecule has 5 nitrogen and oxygen atoms in total. The summed E-state index contributed by atoms with van der Waals surface area (Å²) in [6.07, 6.45) is -0.781. The molecule has 2 atom stereocenters. The molecule has 1 aromatic heterocycles. The Labute approximate surface area is 104 Å². The summed E-state index contributed by atoms with van der Waals surface area (Å²) in [7, 11) is 0. The Morgan fingerprint density at radius 3 is 2.76 bits per heavy atom. The Hall–Kier alpha value is -1.17. The van der Waals surface area contributed by atoms with Crippen LogP contribution in [0.5, 0.6) is 0 Å². The molecule has 0 fully saturated rings. The highest BCUT2D eigenvalue weighted by atomic mass is 35.5. The zero-order valence-corrected chi connectivity index (χ0v) is 10.4. The Morgan fingerprint density at radius 2 is 2.24 bits per heavy atom. The number of aromatic nitrogens is 1. The minimum atomic E-state index is -1.18. The van der Waals surface area contributed by atoms with Gasteiger partial charge in [0.05, 0.1) is 0 Å². The lowest BCUT2D eigenvalue weighted by Gasteiger charge is -2.20. The van der Waals surface area contributed by atoms with E-state index in [1.165, 1.54) is 13.1 Å². The van der Waals surface area contributed by atoms with Crippen molar-refractivity contribution in [2.75, 3.05) is 6.54 Å². The lowest BCUT2D eigenvalue weighted by atomic mass is 10.0. The number of hydrogen-bond donors (Lipinski definition) is 3. The number of aryl methyl sites for hydroxylation is 1. The summed E-state index contributed by atoms with van der Waals surface area (Å²) < 4.78 is 0. The van der Waals surface area contributed by atoms with Crippen LogP contribution in [0.1, 0.15) is 24.2 Å². The van der Waals surface area contributed by atoms with E-state index in [2.05, 4.69) is 10.3 Å². The number of amides is 1. The lowest BCUT2D eigenvalue weighted by molar-refractivity contribution is -0.119. The first-order valence-electron chi connectivity index (χ1n) is 5.15. The van der Waals surface area contributed by atoms with Crippen LogP contribution in [0.25, 0.3) is 0 Å². The molecule has 17 heavy (non-hydrogen) atoms. The second-order valence-electron chi connectivity index (χ2n) is 3.78. The molecule has 1 aromatic rings. The molecule has 6 heteroatoms. The first-order valence-corrected chi connectivity index (χ1v) is 5.53. The van der Waals surface area contributed by atoms with Crippen molar-refractivity contribution in [1.82, 2.24) is 10.3 Å². The Bertz CT molecular complexity index is 391. The predicted molar refractivity (Wildman–Crippen MR) is 63.6 cm³/mol. The van der Waals surface area contributed by atoms with Crippen LogP contribution in [0.3, 0.4) is 0 Å². The number of pyridine rings is 1. The summed E-state index contributed by atoms with van der Waals surface area (Å²) >= 11 is 5.86. The minimum Gasteiger partial charge on any atom is -0.388 e. The van der Waals surface area contributed by atoms with E-state index >= 15 is 0 Å². The highest BCUT2D eigenvalue weighted by molar-refractivity contribution is 6.30. The van der Waals surface area contributed by atoms with Crippen molar-refractivity contribution in [3.63, 3.8) is 0 Å². The number of halogens is 1. The van der Waals surface area contributed by atoms with Gasteiger partial charge in [0, 0.05) is 25.2 Å². The third-order valence-electron chi connectivity index (χ3n) is 2.38. The fraction of sp³-hybridized carbons (Fsp3) is 0.455. The molecule has 0 saturated heterocycles. The molecule has 0 aliphatic heterocycles. The van der Waals surface area contributed by atoms with Crippen molar-refractivity contribution < 1.29 is 15.0 Å². The van der Waals surface area contributed by atoms with Gasteiger partial charge in [-0.2, -0.15) is 0 Å². The molecule has 0 radical (unpaired) electrons. The summed E-state index contributed by atoms with van der Waals surface area (Å²) in [5.41, 5.74) is 1.12. The van der Waals surface area contributed by atoms with Crippen molar-refractivity contribution in [3.05, 3.63) is 28.5 Å². The molecule has 0 bridgehead atoms. The number of nitrogens with zero attached hydrogens (tertiary/aromatic N) is 1. The van der Waals surface area contributed by atoms with Crippen LogP contribution >= 0.6 is 11.6 Å². The first kappa shape index (κ1) is 13.9. The molecule has 0 saturated carbocycles. The van der Waals surface area contributed by atoms with E-state index in [-0.39, 0.29) is 17.6 Å². The van der Waals surface area contributed by atoms with Gasteiger partial charge in [0.2, 0.25) is 5.91 Å². The molecule has 94 valence electrons. The quantitative estimate of drug-likeness (QED) is 0.690. The molecule has 2 unspecified atom stereocenters. The normalized spacial score (nSPS) is 14.2. The summed E-state index contributed by atoms with van der Waals surface area (Å²) in [4.78, 5) is 14.5. The molecule has 3 N–H and O–H groups in total. The molecule has 1 heterocycles. The van der Waals surface area contributed by atoms with Crippen molar-refractivity contribution in [1.29, 1.82) is 0 Å². The Morgan fingerprint density at radius 1 is 1.59 bits per heavy atom. The SMILES string of the molecule is CC(=O)NCC(O)C(O)c1c(C)ccnc1Cl. The molecule has 0 aromatic carbocycles. The minimum absolute atomic E-state index is 0.0405. The van der Waals surface area contributed by atoms with Gasteiger partial charge in [0.25, 0.3) is 0 Å². The summed E-state index contributed by atoms with van der Waals surface area (Å²) in [6, 6.07) is 1.69. The number of nitrogens with one attached hydrogen (secondary N) is 1. The van der Waals surface area contributed by atoms with Crippen molar-refractivity contribution in [3.8, 4) is 0 Å². The monoisotopic (exact) mass is 258 g/mol. The van der Waals surface area contributed by atoms with Crippen LogP contribution < -0.4 is 5.32 Å². The largest absolute Gasteiger partial charge is 0.388 e. The van der Waals surface area contributed by atoms with Gasteiger partial charge in [-0.25, -0.2) is 4.98 Å². The Kier molecular flexibility index (Phi) is 4.86. The maximum absolute atomic E-state index is 10.7. The number of hydrogen-bond acceptors (Lipinski definition) is 4. The molecule has 0 spiro atoms. The van der Waals surface area contributed by atoms with E-state index in [9.17, 15) is 15.0 Å². The van der Waals surface area contributed by atoms with E-state index < -0.39 is 12.2 Å². The fourth-order valence-corrected chi connectivity index (χ4v) is 1.76. The van der Waals surface area contributed by atoms with Gasteiger partial charge in [-0.1, -0.05) is 11.6 Å². The van der Waals surface area contributed by atoms with Crippen molar-refractivity contribution in [2.24, 2.45) is 0 Å². The number of carbonyl (C=O) groups is 1. The van der Waals surface area contributed by atoms with Crippen LogP contribution in [0.4, 0.5) is 0 Å². The van der Waals surface area contributed by atoms with Gasteiger partial charge in [-0.3, -0.25) is 4.79 Å². The van der Waals surface area contributed by atoms with E-state index in [0.29, 0.717) is 5.56 Å². The second kappa shape index (κ2) is 5.95. The molecule has 1 rings (SSSR count). The lowest BCUT2D eigenvalue weighted by Crippen LogP contribution is -2.34. The molecular formula is C11H15ClN2O3. The number of aliphatic hydroxyl groups excluding tert-OH is 2. The summed E-state index contributed by atoms with van der Waals surface area (Å²) in [5, 5.41) is 22.2. The molecule has 1 amide bonds. The standard InChI is InChI=1S/C11H15ClN2O3/c1-6-3-4-13-11(12)9(6)10(17)8(16)5-14-7(2)15/h3-4,8,10,16-17H,5H2,1-2H3,(H,14,15). The second-order valence-corrected chi connectivity index (χ2v) is 4.14. The smallest absolute Gasteiger partial charge is 0.216 e. The highest BCUT2D eigenvalue weighted by Crippen LogP contribution is 2.26. The maximum Gasteiger partial charge on any atom is 0.216 e. The van der Waals surface area contributed by atoms with Gasteiger partial charge in [-0.15, -0.1) is 0 Å². The highest BCUT2D eigenvalue weighted by Gasteiger charge is 2.23. The Balaban J connectivity index is 2.81. The fourth-order valence-electron chi connectivity index (χ4n) is 1.44. The molecule has 0 aliphatic rings. The van der Waals surface area contributed by atoms with Crippen LogP contribution in [-0.2, 0) is 4.79 Å². The predicted octanol–water partition coefficient (Wildman–Crippen LogP) is 0.574. The average Bonchev–Trinajstić information content (AvgIpc) is 2.25. The third-order valence-corrected chi connectivity index (χ3v) is 2.68. The zero-order valence-electron chi connectivity index (χ0n) is 9.64. The summed E-state index contributed by atoms with van der Waals surface area (Å²) in [5.74, 6) is -0.273. The molecule has 0 aliphatic carbocycles. The van der Waals surface area contributed by atoms with E-state index in [1.54, 1.807) is 13.0 Å². The van der Waals surface area contributed by atoms with Crippen molar-refractivity contribution >= 4 is 17.5 Å². The topological polar surface area (TPSA) is 82.5 Å². The van der Waals surface area contributed by atoms with Gasteiger partial charge in [-0.05, 0) is 18.6 Å². The average molecular weight is 259 g/mol. The van der Waals surface area contributed by atoms with Gasteiger partial charge in [0.15, 0.2) is 0 Å². The van der Waals surface area contributed by atoms with E-state index in [4.69, 9.17) is 11.6 Å². The molecular weight excluding hydrogens is 244 g/mol.